The van der Waals surface area contributed by atoms with Crippen molar-refractivity contribution in [3.8, 4) is 0 Å². The molecule has 1 rings (SSSR count). The molecular formula is C9H20N2. The molecule has 66 valence electrons. The first-order valence-corrected chi connectivity index (χ1v) is 4.31. The van der Waals surface area contributed by atoms with Gasteiger partial charge < -0.3 is 4.90 Å². The third kappa shape index (κ3) is 1.74. The van der Waals surface area contributed by atoms with E-state index in [2.05, 4.69) is 44.8 Å². The Bertz CT molecular complexity index is 140. The molecular weight excluding hydrogens is 136 g/mol. The topological polar surface area (TPSA) is 6.48 Å². The zero-order valence-electron chi connectivity index (χ0n) is 8.39. The maximum Gasteiger partial charge on any atom is 0.0234 e. The summed E-state index contributed by atoms with van der Waals surface area (Å²) in [5.74, 6) is 0. The first kappa shape index (κ1) is 9.01. The van der Waals surface area contributed by atoms with Crippen LogP contribution in [0.1, 0.15) is 20.3 Å². The molecule has 0 N–H and O–H groups in total. The van der Waals surface area contributed by atoms with E-state index in [1.54, 1.807) is 0 Å². The number of likely N-dealkylation sites (tertiary alicyclic amines) is 1. The first-order chi connectivity index (χ1) is 4.93. The van der Waals surface area contributed by atoms with Crippen LogP contribution >= 0.6 is 0 Å². The van der Waals surface area contributed by atoms with Gasteiger partial charge in [-0.3, -0.25) is 4.90 Å². The third-order valence-corrected chi connectivity index (χ3v) is 2.98. The summed E-state index contributed by atoms with van der Waals surface area (Å²) in [6.07, 6.45) is 1.29. The van der Waals surface area contributed by atoms with E-state index in [0.717, 1.165) is 6.04 Å². The van der Waals surface area contributed by atoms with Crippen molar-refractivity contribution in [1.82, 2.24) is 9.80 Å². The van der Waals surface area contributed by atoms with Gasteiger partial charge in [-0.05, 0) is 41.4 Å². The molecule has 0 aromatic rings. The highest BCUT2D eigenvalue weighted by Crippen LogP contribution is 2.28. The molecule has 11 heavy (non-hydrogen) atoms. The molecule has 1 fully saturated rings. The Morgan fingerprint density at radius 1 is 1.36 bits per heavy atom. The van der Waals surface area contributed by atoms with Crippen molar-refractivity contribution in [1.29, 1.82) is 0 Å². The monoisotopic (exact) mass is 156 g/mol. The molecule has 0 bridgehead atoms. The van der Waals surface area contributed by atoms with Crippen LogP contribution in [-0.2, 0) is 0 Å². The van der Waals surface area contributed by atoms with E-state index in [9.17, 15) is 0 Å². The Morgan fingerprint density at radius 2 is 1.91 bits per heavy atom. The van der Waals surface area contributed by atoms with Gasteiger partial charge in [0.05, 0.1) is 0 Å². The fourth-order valence-corrected chi connectivity index (χ4v) is 1.71. The maximum atomic E-state index is 2.44. The molecule has 1 saturated heterocycles. The maximum absolute atomic E-state index is 2.44. The van der Waals surface area contributed by atoms with Crippen molar-refractivity contribution < 1.29 is 0 Å². The van der Waals surface area contributed by atoms with Crippen LogP contribution in [0.15, 0.2) is 0 Å². The average molecular weight is 156 g/mol. The van der Waals surface area contributed by atoms with Crippen LogP contribution in [0.5, 0.6) is 0 Å². The highest BCUT2D eigenvalue weighted by molar-refractivity contribution is 4.94. The van der Waals surface area contributed by atoms with Crippen molar-refractivity contribution in [2.45, 2.75) is 31.8 Å². The summed E-state index contributed by atoms with van der Waals surface area (Å²) in [7, 11) is 6.54. The lowest BCUT2D eigenvalue weighted by Gasteiger charge is -2.26. The molecule has 0 unspecified atom stereocenters. The molecule has 0 aromatic heterocycles. The summed E-state index contributed by atoms with van der Waals surface area (Å²) in [6.45, 7) is 5.84. The van der Waals surface area contributed by atoms with Gasteiger partial charge in [-0.25, -0.2) is 0 Å². The van der Waals surface area contributed by atoms with Crippen LogP contribution in [0, 0.1) is 0 Å². The standard InChI is InChI=1S/C9H20N2/c1-9(2)6-8(10(3)4)7-11(9)5/h8H,6-7H2,1-5H3/t8-/m0/s1. The summed E-state index contributed by atoms with van der Waals surface area (Å²) in [4.78, 5) is 4.77. The molecule has 2 heteroatoms. The smallest absolute Gasteiger partial charge is 0.0234 e. The number of nitrogens with zero attached hydrogens (tertiary/aromatic N) is 2. The van der Waals surface area contributed by atoms with Crippen LogP contribution in [0.25, 0.3) is 0 Å². The Morgan fingerprint density at radius 3 is 2.09 bits per heavy atom. The molecule has 0 radical (unpaired) electrons. The van der Waals surface area contributed by atoms with Gasteiger partial charge >= 0.3 is 0 Å². The van der Waals surface area contributed by atoms with Gasteiger partial charge in [0.1, 0.15) is 0 Å². The highest BCUT2D eigenvalue weighted by Gasteiger charge is 2.36. The number of likely N-dealkylation sites (N-methyl/N-ethyl adjacent to an activating group) is 2. The van der Waals surface area contributed by atoms with Crippen molar-refractivity contribution in [3.05, 3.63) is 0 Å². The van der Waals surface area contributed by atoms with Crippen molar-refractivity contribution in [2.24, 2.45) is 0 Å². The second-order valence-corrected chi connectivity index (χ2v) is 4.51. The SMILES string of the molecule is CN(C)[C@@H]1CN(C)C(C)(C)C1. The van der Waals surface area contributed by atoms with E-state index in [1.807, 2.05) is 0 Å². The lowest BCUT2D eigenvalue weighted by molar-refractivity contribution is 0.217. The Kier molecular flexibility index (Phi) is 2.26. The molecule has 0 aromatic carbocycles. The summed E-state index contributed by atoms with van der Waals surface area (Å²) in [5, 5.41) is 0. The highest BCUT2D eigenvalue weighted by atomic mass is 15.3. The predicted octanol–water partition coefficient (Wildman–Crippen LogP) is 1.03. The van der Waals surface area contributed by atoms with E-state index in [0.29, 0.717) is 5.54 Å². The van der Waals surface area contributed by atoms with Crippen LogP contribution in [-0.4, -0.2) is 49.1 Å². The summed E-state index contributed by atoms with van der Waals surface area (Å²) >= 11 is 0. The molecule has 1 aliphatic rings. The Labute approximate surface area is 70.2 Å². The Balaban J connectivity index is 2.57. The molecule has 2 nitrogen and oxygen atoms in total. The minimum atomic E-state index is 0.398. The number of hydrogen-bond donors (Lipinski definition) is 0. The quantitative estimate of drug-likeness (QED) is 0.559. The van der Waals surface area contributed by atoms with Gasteiger partial charge in [0.25, 0.3) is 0 Å². The molecule has 1 atom stereocenters. The number of hydrogen-bond acceptors (Lipinski definition) is 2. The molecule has 1 aliphatic heterocycles. The molecule has 0 amide bonds. The lowest BCUT2D eigenvalue weighted by atomic mass is 10.0. The number of rotatable bonds is 1. The fraction of sp³-hybridized carbons (Fsp3) is 1.00. The van der Waals surface area contributed by atoms with Crippen molar-refractivity contribution in [3.63, 3.8) is 0 Å². The lowest BCUT2D eigenvalue weighted by Crippen LogP contribution is -2.34. The van der Waals surface area contributed by atoms with Gasteiger partial charge in [0, 0.05) is 18.1 Å². The predicted molar refractivity (Wildman–Crippen MR) is 48.8 cm³/mol. The second kappa shape index (κ2) is 2.76. The van der Waals surface area contributed by atoms with Crippen LogP contribution < -0.4 is 0 Å². The largest absolute Gasteiger partial charge is 0.305 e. The van der Waals surface area contributed by atoms with Crippen molar-refractivity contribution >= 4 is 0 Å². The van der Waals surface area contributed by atoms with Gasteiger partial charge in [-0.2, -0.15) is 0 Å². The van der Waals surface area contributed by atoms with Crippen LogP contribution in [0.3, 0.4) is 0 Å². The van der Waals surface area contributed by atoms with Crippen molar-refractivity contribution in [2.75, 3.05) is 27.7 Å². The molecule has 1 heterocycles. The minimum Gasteiger partial charge on any atom is -0.305 e. The van der Waals surface area contributed by atoms with Crippen LogP contribution in [0.2, 0.25) is 0 Å². The van der Waals surface area contributed by atoms with E-state index in [-0.39, 0.29) is 0 Å². The molecule has 0 spiro atoms. The van der Waals surface area contributed by atoms with Crippen LogP contribution in [0.4, 0.5) is 0 Å². The summed E-state index contributed by atoms with van der Waals surface area (Å²) < 4.78 is 0. The zero-order chi connectivity index (χ0) is 8.65. The summed E-state index contributed by atoms with van der Waals surface area (Å²) in [6, 6.07) is 0.745. The second-order valence-electron chi connectivity index (χ2n) is 4.51. The van der Waals surface area contributed by atoms with Gasteiger partial charge in [-0.1, -0.05) is 0 Å². The molecule has 0 aliphatic carbocycles. The third-order valence-electron chi connectivity index (χ3n) is 2.98. The average Bonchev–Trinajstić information content (AvgIpc) is 2.08. The van der Waals surface area contributed by atoms with E-state index < -0.39 is 0 Å². The Hall–Kier alpha value is -0.0800. The fourth-order valence-electron chi connectivity index (χ4n) is 1.71. The van der Waals surface area contributed by atoms with Gasteiger partial charge in [-0.15, -0.1) is 0 Å². The normalized spacial score (nSPS) is 31.6. The van der Waals surface area contributed by atoms with E-state index in [4.69, 9.17) is 0 Å². The van der Waals surface area contributed by atoms with E-state index >= 15 is 0 Å². The first-order valence-electron chi connectivity index (χ1n) is 4.31. The zero-order valence-corrected chi connectivity index (χ0v) is 8.39. The van der Waals surface area contributed by atoms with Gasteiger partial charge in [0.2, 0.25) is 0 Å². The molecule has 0 saturated carbocycles. The summed E-state index contributed by atoms with van der Waals surface area (Å²) in [5.41, 5.74) is 0.398. The van der Waals surface area contributed by atoms with Gasteiger partial charge in [0.15, 0.2) is 0 Å². The minimum absolute atomic E-state index is 0.398. The van der Waals surface area contributed by atoms with E-state index in [1.165, 1.54) is 13.0 Å².